The van der Waals surface area contributed by atoms with E-state index in [1.165, 1.54) is 48.5 Å². The van der Waals surface area contributed by atoms with Gasteiger partial charge in [-0.25, -0.2) is 13.2 Å². The van der Waals surface area contributed by atoms with Crippen LogP contribution in [0.15, 0.2) is 77.7 Å². The summed E-state index contributed by atoms with van der Waals surface area (Å²) in [5.41, 5.74) is 2.08. The summed E-state index contributed by atoms with van der Waals surface area (Å²) in [5, 5.41) is 15.8. The third kappa shape index (κ3) is 5.61. The second-order valence-corrected chi connectivity index (χ2v) is 8.94. The SMILES string of the molecule is CC(C)c1ccccc1NS(=O)(=O)c1ccc(NC(=O)Nc2ccc([N+](=O)[O-])cc2)cc1. The molecule has 0 saturated heterocycles. The van der Waals surface area contributed by atoms with E-state index in [9.17, 15) is 23.3 Å². The summed E-state index contributed by atoms with van der Waals surface area (Å²) in [7, 11) is -3.81. The van der Waals surface area contributed by atoms with Crippen LogP contribution in [0, 0.1) is 10.1 Å². The van der Waals surface area contributed by atoms with Crippen LogP contribution >= 0.6 is 0 Å². The Morgan fingerprint density at radius 2 is 1.41 bits per heavy atom. The molecule has 32 heavy (non-hydrogen) atoms. The molecule has 3 N–H and O–H groups in total. The quantitative estimate of drug-likeness (QED) is 0.335. The minimum atomic E-state index is -3.81. The van der Waals surface area contributed by atoms with Crippen molar-refractivity contribution in [2.45, 2.75) is 24.7 Å². The van der Waals surface area contributed by atoms with Gasteiger partial charge in [0.2, 0.25) is 0 Å². The van der Waals surface area contributed by atoms with Crippen LogP contribution in [0.3, 0.4) is 0 Å². The molecule has 0 heterocycles. The molecule has 0 aliphatic rings. The Hall–Kier alpha value is -3.92. The molecule has 166 valence electrons. The fourth-order valence-electron chi connectivity index (χ4n) is 2.97. The number of carbonyl (C=O) groups is 1. The Morgan fingerprint density at radius 3 is 1.94 bits per heavy atom. The van der Waals surface area contributed by atoms with Crippen molar-refractivity contribution in [3.63, 3.8) is 0 Å². The molecule has 3 rings (SSSR count). The van der Waals surface area contributed by atoms with Crippen molar-refractivity contribution in [1.82, 2.24) is 0 Å². The van der Waals surface area contributed by atoms with E-state index in [-0.39, 0.29) is 16.5 Å². The number of rotatable bonds is 7. The first kappa shape index (κ1) is 22.8. The molecule has 0 aliphatic carbocycles. The number of urea groups is 1. The number of hydrogen-bond donors (Lipinski definition) is 3. The average Bonchev–Trinajstić information content (AvgIpc) is 2.74. The third-order valence-corrected chi connectivity index (χ3v) is 5.97. The maximum Gasteiger partial charge on any atom is 0.323 e. The largest absolute Gasteiger partial charge is 0.323 e. The molecule has 0 spiro atoms. The van der Waals surface area contributed by atoms with Crippen molar-refractivity contribution in [2.24, 2.45) is 0 Å². The molecular formula is C22H22N4O5S. The number of nitro groups is 1. The van der Waals surface area contributed by atoms with Crippen molar-refractivity contribution >= 4 is 38.8 Å². The van der Waals surface area contributed by atoms with Gasteiger partial charge in [0.25, 0.3) is 15.7 Å². The zero-order chi connectivity index (χ0) is 23.3. The van der Waals surface area contributed by atoms with Crippen molar-refractivity contribution in [3.05, 3.63) is 88.5 Å². The van der Waals surface area contributed by atoms with Crippen molar-refractivity contribution < 1.29 is 18.1 Å². The fraction of sp³-hybridized carbons (Fsp3) is 0.136. The van der Waals surface area contributed by atoms with Gasteiger partial charge in [-0.15, -0.1) is 0 Å². The van der Waals surface area contributed by atoms with Crippen LogP contribution in [0.1, 0.15) is 25.3 Å². The highest BCUT2D eigenvalue weighted by molar-refractivity contribution is 7.92. The zero-order valence-electron chi connectivity index (χ0n) is 17.4. The molecule has 3 aromatic rings. The molecule has 0 fully saturated rings. The highest BCUT2D eigenvalue weighted by Crippen LogP contribution is 2.26. The van der Waals surface area contributed by atoms with E-state index >= 15 is 0 Å². The molecule has 2 amide bonds. The highest BCUT2D eigenvalue weighted by atomic mass is 32.2. The number of non-ortho nitro benzene ring substituents is 1. The minimum Gasteiger partial charge on any atom is -0.308 e. The van der Waals surface area contributed by atoms with E-state index < -0.39 is 21.0 Å². The lowest BCUT2D eigenvalue weighted by molar-refractivity contribution is -0.384. The van der Waals surface area contributed by atoms with Gasteiger partial charge in [0.1, 0.15) is 0 Å². The van der Waals surface area contributed by atoms with Crippen LogP contribution in [-0.2, 0) is 10.0 Å². The van der Waals surface area contributed by atoms with Crippen molar-refractivity contribution in [3.8, 4) is 0 Å². The zero-order valence-corrected chi connectivity index (χ0v) is 18.2. The highest BCUT2D eigenvalue weighted by Gasteiger charge is 2.17. The van der Waals surface area contributed by atoms with Crippen LogP contribution < -0.4 is 15.4 Å². The summed E-state index contributed by atoms with van der Waals surface area (Å²) in [6, 6.07) is 17.7. The number of benzene rings is 3. The van der Waals surface area contributed by atoms with Gasteiger partial charge >= 0.3 is 6.03 Å². The molecular weight excluding hydrogens is 432 g/mol. The van der Waals surface area contributed by atoms with Gasteiger partial charge in [-0.2, -0.15) is 0 Å². The Balaban J connectivity index is 1.66. The standard InChI is InChI=1S/C22H22N4O5S/c1-15(2)20-5-3-4-6-21(20)25-32(30,31)19-13-9-17(10-14-19)24-22(27)23-16-7-11-18(12-8-16)26(28)29/h3-15,25H,1-2H3,(H2,23,24,27). The number of hydrogen-bond acceptors (Lipinski definition) is 5. The van der Waals surface area contributed by atoms with Crippen LogP contribution in [-0.4, -0.2) is 19.4 Å². The third-order valence-electron chi connectivity index (χ3n) is 4.59. The number of amides is 2. The van der Waals surface area contributed by atoms with E-state index in [4.69, 9.17) is 0 Å². The summed E-state index contributed by atoms with van der Waals surface area (Å²) in [4.78, 5) is 22.3. The molecule has 0 unspecified atom stereocenters. The van der Waals surface area contributed by atoms with Gasteiger partial charge in [0.05, 0.1) is 15.5 Å². The smallest absolute Gasteiger partial charge is 0.308 e. The van der Waals surface area contributed by atoms with Crippen LogP contribution in [0.2, 0.25) is 0 Å². The number of nitro benzene ring substituents is 1. The average molecular weight is 455 g/mol. The molecule has 0 aromatic heterocycles. The number of para-hydroxylation sites is 1. The fourth-order valence-corrected chi connectivity index (χ4v) is 4.06. The molecule has 3 aromatic carbocycles. The second kappa shape index (κ2) is 9.48. The lowest BCUT2D eigenvalue weighted by Crippen LogP contribution is -2.19. The summed E-state index contributed by atoms with van der Waals surface area (Å²) in [5.74, 6) is 0.148. The van der Waals surface area contributed by atoms with Gasteiger partial charge in [-0.05, 0) is 53.9 Å². The predicted octanol–water partition coefficient (Wildman–Crippen LogP) is 5.16. The number of nitrogens with zero attached hydrogens (tertiary/aromatic N) is 1. The first-order valence-electron chi connectivity index (χ1n) is 9.70. The first-order chi connectivity index (χ1) is 15.2. The Bertz CT molecular complexity index is 1220. The first-order valence-corrected chi connectivity index (χ1v) is 11.2. The lowest BCUT2D eigenvalue weighted by Gasteiger charge is -2.15. The maximum absolute atomic E-state index is 12.8. The van der Waals surface area contributed by atoms with Crippen molar-refractivity contribution in [1.29, 1.82) is 0 Å². The van der Waals surface area contributed by atoms with Gasteiger partial charge in [0, 0.05) is 23.5 Å². The van der Waals surface area contributed by atoms with E-state index in [1.54, 1.807) is 12.1 Å². The molecule has 0 saturated carbocycles. The van der Waals surface area contributed by atoms with Gasteiger partial charge in [0.15, 0.2) is 0 Å². The van der Waals surface area contributed by atoms with Gasteiger partial charge in [-0.1, -0.05) is 32.0 Å². The van der Waals surface area contributed by atoms with E-state index in [1.807, 2.05) is 26.0 Å². The second-order valence-electron chi connectivity index (χ2n) is 7.25. The summed E-state index contributed by atoms with van der Waals surface area (Å²) >= 11 is 0. The van der Waals surface area contributed by atoms with E-state index in [0.29, 0.717) is 17.1 Å². The number of nitrogens with one attached hydrogen (secondary N) is 3. The van der Waals surface area contributed by atoms with E-state index in [0.717, 1.165) is 5.56 Å². The molecule has 0 aliphatic heterocycles. The predicted molar refractivity (Wildman–Crippen MR) is 124 cm³/mol. The Morgan fingerprint density at radius 1 is 0.875 bits per heavy atom. The van der Waals surface area contributed by atoms with Crippen LogP contribution in [0.25, 0.3) is 0 Å². The molecule has 0 bridgehead atoms. The molecule has 10 heteroatoms. The van der Waals surface area contributed by atoms with Crippen molar-refractivity contribution in [2.75, 3.05) is 15.4 Å². The number of carbonyl (C=O) groups excluding carboxylic acids is 1. The maximum atomic E-state index is 12.8. The number of anilines is 3. The Kier molecular flexibility index (Phi) is 6.74. The summed E-state index contributed by atoms with van der Waals surface area (Å²) < 4.78 is 28.1. The van der Waals surface area contributed by atoms with Gasteiger partial charge in [-0.3, -0.25) is 14.8 Å². The normalized spacial score (nSPS) is 11.1. The van der Waals surface area contributed by atoms with E-state index in [2.05, 4.69) is 15.4 Å². The summed E-state index contributed by atoms with van der Waals surface area (Å²) in [6.07, 6.45) is 0. The van der Waals surface area contributed by atoms with Crippen LogP contribution in [0.4, 0.5) is 27.5 Å². The lowest BCUT2D eigenvalue weighted by atomic mass is 10.0. The monoisotopic (exact) mass is 454 g/mol. The Labute approximate surface area is 185 Å². The molecule has 0 radical (unpaired) electrons. The summed E-state index contributed by atoms with van der Waals surface area (Å²) in [6.45, 7) is 3.96. The van der Waals surface area contributed by atoms with Gasteiger partial charge < -0.3 is 10.6 Å². The number of sulfonamides is 1. The topological polar surface area (TPSA) is 130 Å². The molecule has 9 nitrogen and oxygen atoms in total. The minimum absolute atomic E-state index is 0.0531. The van der Waals surface area contributed by atoms with Crippen LogP contribution in [0.5, 0.6) is 0 Å². The molecule has 0 atom stereocenters.